The molecule has 1 amide bonds. The molecule has 4 heteroatoms. The number of aromatic nitrogens is 1. The number of carbonyl (C=O) groups is 1. The van der Waals surface area contributed by atoms with Crippen LogP contribution in [-0.2, 0) is 17.6 Å². The maximum atomic E-state index is 12.2. The molecule has 2 aromatic rings. The Morgan fingerprint density at radius 2 is 1.85 bits per heavy atom. The molecule has 20 heavy (non-hydrogen) atoms. The molecular formula is C16H17BrN2O. The molecule has 0 unspecified atom stereocenters. The van der Waals surface area contributed by atoms with Gasteiger partial charge in [-0.2, -0.15) is 0 Å². The summed E-state index contributed by atoms with van der Waals surface area (Å²) in [6.45, 7) is 2.12. The second-order valence-corrected chi connectivity index (χ2v) is 5.55. The first-order valence-corrected chi connectivity index (χ1v) is 7.35. The molecule has 0 N–H and O–H groups in total. The van der Waals surface area contributed by atoms with E-state index in [9.17, 15) is 4.79 Å². The lowest BCUT2D eigenvalue weighted by Crippen LogP contribution is -2.28. The number of hydrogen-bond donors (Lipinski definition) is 0. The largest absolute Gasteiger partial charge is 0.300 e. The highest BCUT2D eigenvalue weighted by Crippen LogP contribution is 2.17. The number of likely N-dealkylation sites (N-methyl/N-ethyl adjacent to an activating group) is 1. The van der Waals surface area contributed by atoms with E-state index in [-0.39, 0.29) is 5.91 Å². The van der Waals surface area contributed by atoms with Crippen LogP contribution in [0, 0.1) is 0 Å². The van der Waals surface area contributed by atoms with Crippen molar-refractivity contribution in [3.05, 3.63) is 58.2 Å². The van der Waals surface area contributed by atoms with Crippen LogP contribution >= 0.6 is 15.9 Å². The van der Waals surface area contributed by atoms with Crippen molar-refractivity contribution >= 4 is 27.7 Å². The summed E-state index contributed by atoms with van der Waals surface area (Å²) >= 11 is 3.38. The molecule has 0 spiro atoms. The van der Waals surface area contributed by atoms with Crippen LogP contribution in [0.15, 0.2) is 47.1 Å². The van der Waals surface area contributed by atoms with Crippen LogP contribution in [0.4, 0.5) is 5.82 Å². The Labute approximate surface area is 127 Å². The third-order valence-electron chi connectivity index (χ3n) is 3.21. The molecule has 2 rings (SSSR count). The van der Waals surface area contributed by atoms with Gasteiger partial charge in [-0.3, -0.25) is 9.69 Å². The second-order valence-electron chi connectivity index (χ2n) is 4.63. The SMILES string of the molecule is CCc1ccc(CC(=O)N(C)c2cc(Br)ccn2)cc1. The predicted molar refractivity (Wildman–Crippen MR) is 84.9 cm³/mol. The fraction of sp³-hybridized carbons (Fsp3) is 0.250. The van der Waals surface area contributed by atoms with Gasteiger partial charge in [-0.1, -0.05) is 47.1 Å². The highest BCUT2D eigenvalue weighted by Gasteiger charge is 2.12. The molecule has 1 aromatic heterocycles. The number of hydrogen-bond acceptors (Lipinski definition) is 2. The summed E-state index contributed by atoms with van der Waals surface area (Å²) in [4.78, 5) is 18.0. The standard InChI is InChI=1S/C16H17BrN2O/c1-3-12-4-6-13(7-5-12)10-16(20)19(2)15-11-14(17)8-9-18-15/h4-9,11H,3,10H2,1-2H3. The minimum atomic E-state index is 0.0276. The normalized spacial score (nSPS) is 10.3. The van der Waals surface area contributed by atoms with Crippen molar-refractivity contribution in [2.75, 3.05) is 11.9 Å². The lowest BCUT2D eigenvalue weighted by molar-refractivity contribution is -0.117. The Morgan fingerprint density at radius 1 is 1.20 bits per heavy atom. The molecular weight excluding hydrogens is 316 g/mol. The van der Waals surface area contributed by atoms with E-state index in [4.69, 9.17) is 0 Å². The quantitative estimate of drug-likeness (QED) is 0.856. The van der Waals surface area contributed by atoms with Gasteiger partial charge in [-0.25, -0.2) is 4.98 Å². The van der Waals surface area contributed by atoms with E-state index >= 15 is 0 Å². The van der Waals surface area contributed by atoms with Gasteiger partial charge in [0.2, 0.25) is 5.91 Å². The van der Waals surface area contributed by atoms with Crippen molar-refractivity contribution < 1.29 is 4.79 Å². The number of nitrogens with zero attached hydrogens (tertiary/aromatic N) is 2. The first-order valence-electron chi connectivity index (χ1n) is 6.56. The molecule has 3 nitrogen and oxygen atoms in total. The summed E-state index contributed by atoms with van der Waals surface area (Å²) in [5.74, 6) is 0.675. The number of aryl methyl sites for hydroxylation is 1. The van der Waals surface area contributed by atoms with Gasteiger partial charge in [0.25, 0.3) is 0 Å². The van der Waals surface area contributed by atoms with E-state index in [2.05, 4.69) is 40.0 Å². The van der Waals surface area contributed by atoms with E-state index in [1.165, 1.54) is 5.56 Å². The van der Waals surface area contributed by atoms with E-state index in [1.807, 2.05) is 24.3 Å². The summed E-state index contributed by atoms with van der Waals surface area (Å²) in [5.41, 5.74) is 2.30. The number of benzene rings is 1. The van der Waals surface area contributed by atoms with Crippen molar-refractivity contribution in [2.24, 2.45) is 0 Å². The van der Waals surface area contributed by atoms with Gasteiger partial charge in [0.1, 0.15) is 5.82 Å². The maximum Gasteiger partial charge on any atom is 0.232 e. The zero-order valence-electron chi connectivity index (χ0n) is 11.6. The third-order valence-corrected chi connectivity index (χ3v) is 3.71. The number of carbonyl (C=O) groups excluding carboxylic acids is 1. The van der Waals surface area contributed by atoms with E-state index in [0.717, 1.165) is 16.5 Å². The van der Waals surface area contributed by atoms with Crippen LogP contribution in [0.5, 0.6) is 0 Å². The van der Waals surface area contributed by atoms with Gasteiger partial charge < -0.3 is 0 Å². The summed E-state index contributed by atoms with van der Waals surface area (Å²) in [5, 5.41) is 0. The predicted octanol–water partition coefficient (Wildman–Crippen LogP) is 3.61. The zero-order valence-corrected chi connectivity index (χ0v) is 13.2. The molecule has 0 saturated carbocycles. The van der Waals surface area contributed by atoms with E-state index in [1.54, 1.807) is 18.1 Å². The number of anilines is 1. The number of rotatable bonds is 4. The van der Waals surface area contributed by atoms with Crippen LogP contribution < -0.4 is 4.90 Å². The minimum absolute atomic E-state index is 0.0276. The monoisotopic (exact) mass is 332 g/mol. The zero-order chi connectivity index (χ0) is 14.5. The second kappa shape index (κ2) is 6.66. The van der Waals surface area contributed by atoms with E-state index < -0.39 is 0 Å². The third kappa shape index (κ3) is 3.67. The lowest BCUT2D eigenvalue weighted by Gasteiger charge is -2.16. The van der Waals surface area contributed by atoms with Crippen LogP contribution in [0.3, 0.4) is 0 Å². The number of amides is 1. The molecule has 0 aliphatic heterocycles. The van der Waals surface area contributed by atoms with Crippen LogP contribution in [0.2, 0.25) is 0 Å². The number of halogens is 1. The molecule has 0 atom stereocenters. The lowest BCUT2D eigenvalue weighted by atomic mass is 10.1. The van der Waals surface area contributed by atoms with Gasteiger partial charge in [0.15, 0.2) is 0 Å². The summed E-state index contributed by atoms with van der Waals surface area (Å²) < 4.78 is 0.912. The average Bonchev–Trinajstić information content (AvgIpc) is 2.47. The summed E-state index contributed by atoms with van der Waals surface area (Å²) in [7, 11) is 1.75. The average molecular weight is 333 g/mol. The molecule has 104 valence electrons. The molecule has 1 aromatic carbocycles. The highest BCUT2D eigenvalue weighted by atomic mass is 79.9. The van der Waals surface area contributed by atoms with Gasteiger partial charge in [-0.15, -0.1) is 0 Å². The fourth-order valence-electron chi connectivity index (χ4n) is 1.89. The minimum Gasteiger partial charge on any atom is -0.300 e. The van der Waals surface area contributed by atoms with Gasteiger partial charge >= 0.3 is 0 Å². The van der Waals surface area contributed by atoms with Crippen molar-refractivity contribution in [3.8, 4) is 0 Å². The van der Waals surface area contributed by atoms with Gasteiger partial charge in [-0.05, 0) is 29.7 Å². The van der Waals surface area contributed by atoms with Crippen molar-refractivity contribution in [2.45, 2.75) is 19.8 Å². The Bertz CT molecular complexity index is 596. The van der Waals surface area contributed by atoms with Crippen LogP contribution in [0.25, 0.3) is 0 Å². The van der Waals surface area contributed by atoms with Crippen molar-refractivity contribution in [1.82, 2.24) is 4.98 Å². The van der Waals surface area contributed by atoms with Crippen LogP contribution in [-0.4, -0.2) is 17.9 Å². The summed E-state index contributed by atoms with van der Waals surface area (Å²) in [6.07, 6.45) is 3.07. The van der Waals surface area contributed by atoms with Crippen molar-refractivity contribution in [1.29, 1.82) is 0 Å². The maximum absolute atomic E-state index is 12.2. The molecule has 0 aliphatic rings. The first kappa shape index (κ1) is 14.7. The molecule has 0 radical (unpaired) electrons. The molecule has 0 aliphatic carbocycles. The molecule has 0 bridgehead atoms. The Balaban J connectivity index is 2.07. The highest BCUT2D eigenvalue weighted by molar-refractivity contribution is 9.10. The van der Waals surface area contributed by atoms with Gasteiger partial charge in [0, 0.05) is 17.7 Å². The smallest absolute Gasteiger partial charge is 0.232 e. The van der Waals surface area contributed by atoms with Gasteiger partial charge in [0.05, 0.1) is 6.42 Å². The molecule has 1 heterocycles. The number of pyridine rings is 1. The molecule has 0 fully saturated rings. The Kier molecular flexibility index (Phi) is 4.90. The summed E-state index contributed by atoms with van der Waals surface area (Å²) in [6, 6.07) is 11.8. The fourth-order valence-corrected chi connectivity index (χ4v) is 2.21. The van der Waals surface area contributed by atoms with E-state index in [0.29, 0.717) is 12.2 Å². The van der Waals surface area contributed by atoms with Crippen LogP contribution in [0.1, 0.15) is 18.1 Å². The Hall–Kier alpha value is -1.68. The topological polar surface area (TPSA) is 33.2 Å². The first-order chi connectivity index (χ1) is 9.60. The van der Waals surface area contributed by atoms with Crippen molar-refractivity contribution in [3.63, 3.8) is 0 Å². The Morgan fingerprint density at radius 3 is 2.45 bits per heavy atom. The molecule has 0 saturated heterocycles.